The molecule has 0 bridgehead atoms. The highest BCUT2D eigenvalue weighted by molar-refractivity contribution is 5.85. The summed E-state index contributed by atoms with van der Waals surface area (Å²) in [6, 6.07) is 4.03. The third kappa shape index (κ3) is 3.64. The molecule has 0 radical (unpaired) electrons. The van der Waals surface area contributed by atoms with Crippen LogP contribution in [0.2, 0.25) is 0 Å². The fourth-order valence-corrected chi connectivity index (χ4v) is 2.25. The lowest BCUT2D eigenvalue weighted by molar-refractivity contribution is 0.213. The van der Waals surface area contributed by atoms with Gasteiger partial charge in [-0.2, -0.15) is 0 Å². The maximum Gasteiger partial charge on any atom is 0.130 e. The van der Waals surface area contributed by atoms with Crippen molar-refractivity contribution in [3.8, 4) is 0 Å². The molecule has 1 aliphatic carbocycles. The number of benzene rings is 1. The second-order valence-corrected chi connectivity index (χ2v) is 4.79. The highest BCUT2D eigenvalue weighted by atomic mass is 35.5. The van der Waals surface area contributed by atoms with Crippen molar-refractivity contribution in [3.63, 3.8) is 0 Å². The quantitative estimate of drug-likeness (QED) is 0.896. The van der Waals surface area contributed by atoms with Gasteiger partial charge < -0.3 is 5.73 Å². The molecule has 18 heavy (non-hydrogen) atoms. The van der Waals surface area contributed by atoms with E-state index in [0.29, 0.717) is 30.6 Å². The summed E-state index contributed by atoms with van der Waals surface area (Å²) in [6.07, 6.45) is 2.41. The van der Waals surface area contributed by atoms with Gasteiger partial charge >= 0.3 is 0 Å². The minimum absolute atomic E-state index is 0. The number of halogens is 3. The molecule has 1 aromatic rings. The number of hydrogen-bond donors (Lipinski definition) is 1. The van der Waals surface area contributed by atoms with Crippen LogP contribution in [0.1, 0.15) is 18.4 Å². The fraction of sp³-hybridized carbons (Fsp3) is 0.538. The zero-order chi connectivity index (χ0) is 12.4. The van der Waals surface area contributed by atoms with Gasteiger partial charge in [-0.05, 0) is 31.9 Å². The molecular formula is C13H19ClF2N2. The molecule has 1 atom stereocenters. The molecule has 1 fully saturated rings. The molecule has 1 unspecified atom stereocenters. The van der Waals surface area contributed by atoms with Crippen LogP contribution in [0.4, 0.5) is 8.78 Å². The maximum atomic E-state index is 13.5. The summed E-state index contributed by atoms with van der Waals surface area (Å²) in [5, 5.41) is 0. The molecule has 0 spiro atoms. The largest absolute Gasteiger partial charge is 0.329 e. The van der Waals surface area contributed by atoms with Crippen molar-refractivity contribution in [2.24, 2.45) is 11.7 Å². The topological polar surface area (TPSA) is 29.3 Å². The first-order valence-corrected chi connectivity index (χ1v) is 5.96. The Morgan fingerprint density at radius 2 is 2.06 bits per heavy atom. The molecule has 1 saturated carbocycles. The molecule has 2 nitrogen and oxygen atoms in total. The Bertz CT molecular complexity index is 397. The van der Waals surface area contributed by atoms with Gasteiger partial charge in [0.05, 0.1) is 0 Å². The summed E-state index contributed by atoms with van der Waals surface area (Å²) in [5.74, 6) is -0.372. The molecule has 2 rings (SSSR count). The van der Waals surface area contributed by atoms with E-state index in [9.17, 15) is 8.78 Å². The fourth-order valence-electron chi connectivity index (χ4n) is 2.25. The molecule has 2 N–H and O–H groups in total. The van der Waals surface area contributed by atoms with Gasteiger partial charge in [-0.25, -0.2) is 8.78 Å². The Morgan fingerprint density at radius 1 is 1.39 bits per heavy atom. The SMILES string of the molecule is CN(Cc1ccc(F)cc1F)C(CN)C1CC1.Cl. The first-order valence-electron chi connectivity index (χ1n) is 5.96. The Labute approximate surface area is 113 Å². The number of nitrogens with two attached hydrogens (primary N) is 1. The third-order valence-electron chi connectivity index (χ3n) is 3.41. The molecular weight excluding hydrogens is 258 g/mol. The minimum Gasteiger partial charge on any atom is -0.329 e. The van der Waals surface area contributed by atoms with Gasteiger partial charge in [-0.3, -0.25) is 4.90 Å². The molecule has 5 heteroatoms. The molecule has 0 amide bonds. The van der Waals surface area contributed by atoms with E-state index in [4.69, 9.17) is 5.73 Å². The average molecular weight is 277 g/mol. The van der Waals surface area contributed by atoms with E-state index in [1.54, 1.807) is 0 Å². The monoisotopic (exact) mass is 276 g/mol. The summed E-state index contributed by atoms with van der Waals surface area (Å²) in [7, 11) is 1.94. The van der Waals surface area contributed by atoms with Gasteiger partial charge in [-0.15, -0.1) is 12.4 Å². The standard InChI is InChI=1S/C13H18F2N2.ClH/c1-17(13(7-16)9-2-3-9)8-10-4-5-11(14)6-12(10)15;/h4-6,9,13H,2-3,7-8,16H2,1H3;1H. The maximum absolute atomic E-state index is 13.5. The first kappa shape index (κ1) is 15.3. The molecule has 0 saturated heterocycles. The first-order chi connectivity index (χ1) is 8.11. The molecule has 102 valence electrons. The number of rotatable bonds is 5. The van der Waals surface area contributed by atoms with Crippen LogP contribution in [-0.2, 0) is 6.54 Å². The van der Waals surface area contributed by atoms with Gasteiger partial charge in [0.2, 0.25) is 0 Å². The van der Waals surface area contributed by atoms with Crippen molar-refractivity contribution in [2.75, 3.05) is 13.6 Å². The van der Waals surface area contributed by atoms with E-state index in [-0.39, 0.29) is 12.4 Å². The predicted molar refractivity (Wildman–Crippen MR) is 70.6 cm³/mol. The third-order valence-corrected chi connectivity index (χ3v) is 3.41. The van der Waals surface area contributed by atoms with Gasteiger partial charge in [0, 0.05) is 30.8 Å². The Balaban J connectivity index is 0.00000162. The summed E-state index contributed by atoms with van der Waals surface area (Å²) in [6.45, 7) is 1.06. The van der Waals surface area contributed by atoms with Crippen LogP contribution in [0.15, 0.2) is 18.2 Å². The summed E-state index contributed by atoms with van der Waals surface area (Å²) < 4.78 is 26.3. The predicted octanol–water partition coefficient (Wildman–Crippen LogP) is 2.56. The van der Waals surface area contributed by atoms with Crippen molar-refractivity contribution in [1.82, 2.24) is 4.90 Å². The highest BCUT2D eigenvalue weighted by Crippen LogP contribution is 2.35. The molecule has 0 aromatic heterocycles. The van der Waals surface area contributed by atoms with Crippen LogP contribution in [0.5, 0.6) is 0 Å². The zero-order valence-corrected chi connectivity index (χ0v) is 11.2. The highest BCUT2D eigenvalue weighted by Gasteiger charge is 2.32. The second-order valence-electron chi connectivity index (χ2n) is 4.79. The van der Waals surface area contributed by atoms with Crippen LogP contribution in [0, 0.1) is 17.6 Å². The van der Waals surface area contributed by atoms with Crippen molar-refractivity contribution >= 4 is 12.4 Å². The van der Waals surface area contributed by atoms with Gasteiger partial charge in [0.1, 0.15) is 11.6 Å². The van der Waals surface area contributed by atoms with Gasteiger partial charge in [0.15, 0.2) is 0 Å². The minimum atomic E-state index is -0.536. The van der Waals surface area contributed by atoms with Crippen LogP contribution >= 0.6 is 12.4 Å². The van der Waals surface area contributed by atoms with Crippen LogP contribution in [0.3, 0.4) is 0 Å². The Kier molecular flexibility index (Phi) is 5.50. The number of hydrogen-bond acceptors (Lipinski definition) is 2. The Hall–Kier alpha value is -0.710. The van der Waals surface area contributed by atoms with Crippen molar-refractivity contribution in [2.45, 2.75) is 25.4 Å². The lowest BCUT2D eigenvalue weighted by Crippen LogP contribution is -2.39. The molecule has 0 heterocycles. The lowest BCUT2D eigenvalue weighted by atomic mass is 10.1. The van der Waals surface area contributed by atoms with Gasteiger partial charge in [-0.1, -0.05) is 6.07 Å². The average Bonchev–Trinajstić information content (AvgIpc) is 3.08. The summed E-state index contributed by atoms with van der Waals surface area (Å²) >= 11 is 0. The van der Waals surface area contributed by atoms with E-state index < -0.39 is 11.6 Å². The van der Waals surface area contributed by atoms with Crippen molar-refractivity contribution in [1.29, 1.82) is 0 Å². The van der Waals surface area contributed by atoms with E-state index in [2.05, 4.69) is 4.90 Å². The van der Waals surface area contributed by atoms with E-state index in [1.807, 2.05) is 7.05 Å². The molecule has 1 aromatic carbocycles. The van der Waals surface area contributed by atoms with Crippen molar-refractivity contribution < 1.29 is 8.78 Å². The summed E-state index contributed by atoms with van der Waals surface area (Å²) in [5.41, 5.74) is 6.26. The second kappa shape index (κ2) is 6.45. The van der Waals surface area contributed by atoms with Crippen LogP contribution < -0.4 is 5.73 Å². The normalized spacial score (nSPS) is 16.5. The Morgan fingerprint density at radius 3 is 2.56 bits per heavy atom. The zero-order valence-electron chi connectivity index (χ0n) is 10.4. The van der Waals surface area contributed by atoms with Gasteiger partial charge in [0.25, 0.3) is 0 Å². The van der Waals surface area contributed by atoms with E-state index in [0.717, 1.165) is 6.07 Å². The van der Waals surface area contributed by atoms with Crippen LogP contribution in [0.25, 0.3) is 0 Å². The van der Waals surface area contributed by atoms with E-state index >= 15 is 0 Å². The number of likely N-dealkylation sites (N-methyl/N-ethyl adjacent to an activating group) is 1. The molecule has 1 aliphatic rings. The number of nitrogens with zero attached hydrogens (tertiary/aromatic N) is 1. The summed E-state index contributed by atoms with van der Waals surface area (Å²) in [4.78, 5) is 2.06. The lowest BCUT2D eigenvalue weighted by Gasteiger charge is -2.27. The smallest absolute Gasteiger partial charge is 0.130 e. The van der Waals surface area contributed by atoms with Crippen molar-refractivity contribution in [3.05, 3.63) is 35.4 Å². The van der Waals surface area contributed by atoms with E-state index in [1.165, 1.54) is 25.0 Å². The van der Waals surface area contributed by atoms with Crippen LogP contribution in [-0.4, -0.2) is 24.5 Å². The molecule has 0 aliphatic heterocycles.